The molecule has 130 valence electrons. The second kappa shape index (κ2) is 8.16. The van der Waals surface area contributed by atoms with Crippen LogP contribution in [0.25, 0.3) is 0 Å². The van der Waals surface area contributed by atoms with Crippen LogP contribution >= 0.6 is 11.6 Å². The van der Waals surface area contributed by atoms with Crippen LogP contribution in [0.15, 0.2) is 30.5 Å². The van der Waals surface area contributed by atoms with Gasteiger partial charge in [-0.25, -0.2) is 4.98 Å². The van der Waals surface area contributed by atoms with Crippen molar-refractivity contribution in [2.45, 2.75) is 12.6 Å². The Morgan fingerprint density at radius 1 is 1.25 bits per heavy atom. The smallest absolute Gasteiger partial charge is 0.385 e. The molecular formula is C15H16ClF3N4O. The molecule has 1 aromatic carbocycles. The summed E-state index contributed by atoms with van der Waals surface area (Å²) in [6.07, 6.45) is -2.16. The zero-order valence-corrected chi connectivity index (χ0v) is 13.6. The van der Waals surface area contributed by atoms with E-state index in [4.69, 9.17) is 16.3 Å². The van der Waals surface area contributed by atoms with E-state index in [0.29, 0.717) is 19.0 Å². The summed E-state index contributed by atoms with van der Waals surface area (Å²) in [5, 5.41) is 5.92. The molecule has 0 bridgehead atoms. The Hall–Kier alpha value is -2.06. The summed E-state index contributed by atoms with van der Waals surface area (Å²) in [5.74, 6) is 0.694. The number of methoxy groups -OCH3 is 1. The Kier molecular flexibility index (Phi) is 6.22. The largest absolute Gasteiger partial charge is 0.416 e. The SMILES string of the molecule is COCCCNc1ccnc(Nc2cc(C(F)(F)F)ccc2Cl)n1. The first-order chi connectivity index (χ1) is 11.4. The standard InChI is InChI=1S/C15H16ClF3N4O/c1-24-8-2-6-20-13-5-7-21-14(23-13)22-12-9-10(15(17,18)19)3-4-11(12)16/h3-5,7,9H,2,6,8H2,1H3,(H2,20,21,22,23). The molecule has 24 heavy (non-hydrogen) atoms. The van der Waals surface area contributed by atoms with Crippen LogP contribution in [-0.2, 0) is 10.9 Å². The molecule has 0 atom stereocenters. The third kappa shape index (κ3) is 5.24. The molecule has 0 amide bonds. The normalized spacial score (nSPS) is 11.4. The van der Waals surface area contributed by atoms with Gasteiger partial charge >= 0.3 is 6.18 Å². The summed E-state index contributed by atoms with van der Waals surface area (Å²) in [4.78, 5) is 8.17. The summed E-state index contributed by atoms with van der Waals surface area (Å²) in [6, 6.07) is 4.68. The fraction of sp³-hybridized carbons (Fsp3) is 0.333. The number of hydrogen-bond donors (Lipinski definition) is 2. The summed E-state index contributed by atoms with van der Waals surface area (Å²) in [7, 11) is 1.62. The molecule has 0 fully saturated rings. The van der Waals surface area contributed by atoms with E-state index in [1.165, 1.54) is 12.3 Å². The molecule has 2 rings (SSSR count). The lowest BCUT2D eigenvalue weighted by Gasteiger charge is -2.12. The van der Waals surface area contributed by atoms with Crippen molar-refractivity contribution in [3.05, 3.63) is 41.0 Å². The maximum absolute atomic E-state index is 12.8. The number of anilines is 3. The fourth-order valence-electron chi connectivity index (χ4n) is 1.87. The minimum Gasteiger partial charge on any atom is -0.385 e. The molecule has 0 spiro atoms. The highest BCUT2D eigenvalue weighted by molar-refractivity contribution is 6.33. The first-order valence-electron chi connectivity index (χ1n) is 7.10. The highest BCUT2D eigenvalue weighted by Gasteiger charge is 2.31. The van der Waals surface area contributed by atoms with Crippen molar-refractivity contribution < 1.29 is 17.9 Å². The lowest BCUT2D eigenvalue weighted by atomic mass is 10.2. The molecule has 0 saturated carbocycles. The van der Waals surface area contributed by atoms with Gasteiger partial charge in [0.15, 0.2) is 0 Å². The highest BCUT2D eigenvalue weighted by atomic mass is 35.5. The topological polar surface area (TPSA) is 59.1 Å². The van der Waals surface area contributed by atoms with Gasteiger partial charge in [-0.3, -0.25) is 0 Å². The van der Waals surface area contributed by atoms with Crippen LogP contribution in [-0.4, -0.2) is 30.2 Å². The first kappa shape index (κ1) is 18.3. The number of halogens is 4. The molecule has 0 aliphatic carbocycles. The van der Waals surface area contributed by atoms with Crippen LogP contribution in [0.1, 0.15) is 12.0 Å². The van der Waals surface area contributed by atoms with Crippen molar-refractivity contribution in [2.75, 3.05) is 30.9 Å². The van der Waals surface area contributed by atoms with E-state index in [-0.39, 0.29) is 16.7 Å². The van der Waals surface area contributed by atoms with Gasteiger partial charge in [0, 0.05) is 26.5 Å². The predicted octanol–water partition coefficient (Wildman–Crippen LogP) is 4.34. The number of nitrogens with one attached hydrogen (secondary N) is 2. The van der Waals surface area contributed by atoms with Crippen molar-refractivity contribution in [2.24, 2.45) is 0 Å². The Balaban J connectivity index is 2.11. The van der Waals surface area contributed by atoms with Crippen LogP contribution in [0, 0.1) is 0 Å². The minimum atomic E-state index is -4.45. The van der Waals surface area contributed by atoms with Crippen molar-refractivity contribution in [1.29, 1.82) is 0 Å². The summed E-state index contributed by atoms with van der Waals surface area (Å²) < 4.78 is 43.3. The summed E-state index contributed by atoms with van der Waals surface area (Å²) in [6.45, 7) is 1.26. The molecule has 2 aromatic rings. The van der Waals surface area contributed by atoms with Crippen molar-refractivity contribution in [1.82, 2.24) is 9.97 Å². The van der Waals surface area contributed by atoms with E-state index in [1.54, 1.807) is 13.2 Å². The first-order valence-corrected chi connectivity index (χ1v) is 7.47. The van der Waals surface area contributed by atoms with Gasteiger partial charge in [-0.1, -0.05) is 11.6 Å². The van der Waals surface area contributed by atoms with Gasteiger partial charge in [0.1, 0.15) is 5.82 Å². The number of benzene rings is 1. The molecule has 0 aliphatic rings. The number of ether oxygens (including phenoxy) is 1. The average Bonchev–Trinajstić information content (AvgIpc) is 2.53. The van der Waals surface area contributed by atoms with Crippen LogP contribution < -0.4 is 10.6 Å². The Morgan fingerprint density at radius 2 is 2.04 bits per heavy atom. The molecule has 0 aliphatic heterocycles. The van der Waals surface area contributed by atoms with Crippen molar-refractivity contribution in [3.8, 4) is 0 Å². The molecule has 0 unspecified atom stereocenters. The van der Waals surface area contributed by atoms with E-state index < -0.39 is 11.7 Å². The maximum Gasteiger partial charge on any atom is 0.416 e. The molecule has 0 radical (unpaired) electrons. The van der Waals surface area contributed by atoms with Gasteiger partial charge in [-0.2, -0.15) is 18.2 Å². The average molecular weight is 361 g/mol. The van der Waals surface area contributed by atoms with Gasteiger partial charge in [0.25, 0.3) is 0 Å². The second-order valence-corrected chi connectivity index (χ2v) is 5.26. The van der Waals surface area contributed by atoms with Crippen molar-refractivity contribution in [3.63, 3.8) is 0 Å². The Morgan fingerprint density at radius 3 is 2.75 bits per heavy atom. The lowest BCUT2D eigenvalue weighted by molar-refractivity contribution is -0.137. The summed E-state index contributed by atoms with van der Waals surface area (Å²) >= 11 is 5.94. The molecule has 9 heteroatoms. The number of rotatable bonds is 7. The van der Waals surface area contributed by atoms with Crippen molar-refractivity contribution >= 4 is 29.1 Å². The highest BCUT2D eigenvalue weighted by Crippen LogP contribution is 2.34. The molecular weight excluding hydrogens is 345 g/mol. The number of aromatic nitrogens is 2. The second-order valence-electron chi connectivity index (χ2n) is 4.86. The summed E-state index contributed by atoms with van der Waals surface area (Å²) in [5.41, 5.74) is -0.716. The van der Waals surface area contributed by atoms with Gasteiger partial charge in [-0.15, -0.1) is 0 Å². The van der Waals surface area contributed by atoms with Crippen LogP contribution in [0.3, 0.4) is 0 Å². The van der Waals surface area contributed by atoms with Crippen LogP contribution in [0.5, 0.6) is 0 Å². The van der Waals surface area contributed by atoms with E-state index in [9.17, 15) is 13.2 Å². The quantitative estimate of drug-likeness (QED) is 0.719. The molecule has 1 aromatic heterocycles. The zero-order chi connectivity index (χ0) is 17.6. The molecule has 1 heterocycles. The third-order valence-electron chi connectivity index (χ3n) is 3.03. The monoisotopic (exact) mass is 360 g/mol. The van der Waals surface area contributed by atoms with E-state index in [0.717, 1.165) is 18.6 Å². The minimum absolute atomic E-state index is 0.0861. The number of hydrogen-bond acceptors (Lipinski definition) is 5. The molecule has 0 saturated heterocycles. The van der Waals surface area contributed by atoms with Crippen LogP contribution in [0.2, 0.25) is 5.02 Å². The maximum atomic E-state index is 12.8. The predicted molar refractivity (Wildman–Crippen MR) is 86.8 cm³/mol. The number of alkyl halides is 3. The molecule has 5 nitrogen and oxygen atoms in total. The zero-order valence-electron chi connectivity index (χ0n) is 12.8. The third-order valence-corrected chi connectivity index (χ3v) is 3.36. The van der Waals surface area contributed by atoms with E-state index in [2.05, 4.69) is 20.6 Å². The lowest BCUT2D eigenvalue weighted by Crippen LogP contribution is -2.08. The van der Waals surface area contributed by atoms with Gasteiger partial charge in [0.05, 0.1) is 16.3 Å². The van der Waals surface area contributed by atoms with E-state index >= 15 is 0 Å². The number of nitrogens with zero attached hydrogens (tertiary/aromatic N) is 2. The Labute approximate surface area is 142 Å². The van der Waals surface area contributed by atoms with Crippen LogP contribution in [0.4, 0.5) is 30.6 Å². The van der Waals surface area contributed by atoms with Gasteiger partial charge < -0.3 is 15.4 Å². The molecule has 2 N–H and O–H groups in total. The Bertz CT molecular complexity index is 682. The van der Waals surface area contributed by atoms with Gasteiger partial charge in [-0.05, 0) is 30.7 Å². The fourth-order valence-corrected chi connectivity index (χ4v) is 2.03. The van der Waals surface area contributed by atoms with E-state index in [1.807, 2.05) is 0 Å². The van der Waals surface area contributed by atoms with Gasteiger partial charge in [0.2, 0.25) is 5.95 Å².